The van der Waals surface area contributed by atoms with Gasteiger partial charge in [0.15, 0.2) is 0 Å². The van der Waals surface area contributed by atoms with Crippen molar-refractivity contribution in [2.24, 2.45) is 0 Å². The van der Waals surface area contributed by atoms with Crippen LogP contribution in [0.1, 0.15) is 4.88 Å². The highest BCUT2D eigenvalue weighted by molar-refractivity contribution is 7.70. The zero-order valence-electron chi connectivity index (χ0n) is 6.01. The van der Waals surface area contributed by atoms with Gasteiger partial charge >= 0.3 is 7.60 Å². The molecule has 0 aliphatic rings. The van der Waals surface area contributed by atoms with Gasteiger partial charge in [-0.15, -0.1) is 11.3 Å². The van der Waals surface area contributed by atoms with Gasteiger partial charge in [-0.3, -0.25) is 9.36 Å². The predicted molar refractivity (Wildman–Crippen MR) is 45.1 cm³/mol. The molecule has 0 unspecified atom stereocenters. The minimum Gasteiger partial charge on any atom is -0.319 e. The monoisotopic (exact) mass is 206 g/mol. The van der Waals surface area contributed by atoms with Crippen molar-refractivity contribution in [1.82, 2.24) is 0 Å². The highest BCUT2D eigenvalue weighted by Crippen LogP contribution is 2.37. The third kappa shape index (κ3) is 2.53. The third-order valence-corrected chi connectivity index (χ3v) is 2.91. The van der Waals surface area contributed by atoms with E-state index in [-0.39, 0.29) is 6.42 Å². The number of hydrogen-bond acceptors (Lipinski definition) is 3. The van der Waals surface area contributed by atoms with E-state index >= 15 is 0 Å². The summed E-state index contributed by atoms with van der Waals surface area (Å²) >= 11 is 1.30. The molecule has 0 aliphatic heterocycles. The zero-order valence-corrected chi connectivity index (χ0v) is 7.72. The molecule has 1 rings (SSSR count). The van der Waals surface area contributed by atoms with Crippen molar-refractivity contribution in [2.45, 2.75) is 6.42 Å². The van der Waals surface area contributed by atoms with Crippen molar-refractivity contribution in [2.75, 3.05) is 0 Å². The standard InChI is InChI=1S/C6H7O4PS/c7-6(11(8,9)10)4-5-2-1-3-12-5/h1-3H,4H2,(H2,8,9,10). The fraction of sp³-hybridized carbons (Fsp3) is 0.167. The fourth-order valence-electron chi connectivity index (χ4n) is 0.665. The Balaban J connectivity index is 2.66. The first-order valence-electron chi connectivity index (χ1n) is 3.11. The third-order valence-electron chi connectivity index (χ3n) is 1.23. The molecule has 1 aromatic heterocycles. The molecule has 0 atom stereocenters. The van der Waals surface area contributed by atoms with Crippen LogP contribution in [0.4, 0.5) is 0 Å². The topological polar surface area (TPSA) is 74.6 Å². The summed E-state index contributed by atoms with van der Waals surface area (Å²) in [5.41, 5.74) is -1.02. The molecule has 0 bridgehead atoms. The maximum atomic E-state index is 10.8. The lowest BCUT2D eigenvalue weighted by atomic mass is 10.4. The Morgan fingerprint density at radius 1 is 1.58 bits per heavy atom. The number of thiophene rings is 1. The van der Waals surface area contributed by atoms with E-state index < -0.39 is 13.1 Å². The number of hydrogen-bond donors (Lipinski definition) is 2. The minimum atomic E-state index is -4.53. The number of carbonyl (C=O) groups excluding carboxylic acids is 1. The molecular formula is C6H7O4PS. The molecular weight excluding hydrogens is 199 g/mol. The summed E-state index contributed by atoms with van der Waals surface area (Å²) in [4.78, 5) is 28.3. The second kappa shape index (κ2) is 3.49. The van der Waals surface area contributed by atoms with E-state index in [1.165, 1.54) is 11.3 Å². The lowest BCUT2D eigenvalue weighted by Gasteiger charge is -1.99. The van der Waals surface area contributed by atoms with Gasteiger partial charge in [-0.1, -0.05) is 6.07 Å². The Labute approximate surface area is 73.0 Å². The first kappa shape index (κ1) is 9.61. The van der Waals surface area contributed by atoms with Crippen LogP contribution in [0.5, 0.6) is 0 Å². The Morgan fingerprint density at radius 3 is 2.67 bits per heavy atom. The first-order chi connectivity index (χ1) is 5.50. The van der Waals surface area contributed by atoms with Crippen LogP contribution in [0.25, 0.3) is 0 Å². The molecule has 0 spiro atoms. The largest absolute Gasteiger partial charge is 0.391 e. The first-order valence-corrected chi connectivity index (χ1v) is 5.60. The van der Waals surface area contributed by atoms with E-state index in [0.29, 0.717) is 4.88 Å². The molecule has 6 heteroatoms. The van der Waals surface area contributed by atoms with E-state index in [1.807, 2.05) is 0 Å². The minimum absolute atomic E-state index is 0.179. The Morgan fingerprint density at radius 2 is 2.25 bits per heavy atom. The van der Waals surface area contributed by atoms with Gasteiger partial charge in [0, 0.05) is 4.88 Å². The summed E-state index contributed by atoms with van der Waals surface area (Å²) in [5, 5.41) is 1.75. The summed E-state index contributed by atoms with van der Waals surface area (Å²) in [7, 11) is -4.53. The molecule has 66 valence electrons. The van der Waals surface area contributed by atoms with Gasteiger partial charge in [0.2, 0.25) is 5.52 Å². The Hall–Kier alpha value is -0.480. The Bertz CT molecular complexity index is 312. The maximum absolute atomic E-state index is 10.8. The molecule has 0 saturated heterocycles. The normalized spacial score (nSPS) is 11.5. The summed E-state index contributed by atoms with van der Waals surface area (Å²) in [5.74, 6) is 0. The summed E-state index contributed by atoms with van der Waals surface area (Å²) in [6, 6.07) is 3.39. The van der Waals surface area contributed by atoms with Crippen LogP contribution < -0.4 is 0 Å². The van der Waals surface area contributed by atoms with Gasteiger partial charge in [0.1, 0.15) is 0 Å². The van der Waals surface area contributed by atoms with Crippen LogP contribution in [-0.4, -0.2) is 15.3 Å². The van der Waals surface area contributed by atoms with E-state index in [9.17, 15) is 9.36 Å². The summed E-state index contributed by atoms with van der Waals surface area (Å²) in [6.07, 6.45) is -0.179. The number of rotatable bonds is 3. The predicted octanol–water partition coefficient (Wildman–Crippen LogP) is 0.995. The molecule has 12 heavy (non-hydrogen) atoms. The summed E-state index contributed by atoms with van der Waals surface area (Å²) in [6.45, 7) is 0. The van der Waals surface area contributed by atoms with Crippen molar-refractivity contribution >= 4 is 24.5 Å². The van der Waals surface area contributed by atoms with E-state index in [4.69, 9.17) is 9.79 Å². The second-order valence-electron chi connectivity index (χ2n) is 2.19. The molecule has 0 radical (unpaired) electrons. The lowest BCUT2D eigenvalue weighted by Crippen LogP contribution is -2.01. The van der Waals surface area contributed by atoms with Gasteiger partial charge in [-0.25, -0.2) is 0 Å². The van der Waals surface area contributed by atoms with Crippen LogP contribution in [-0.2, 0) is 15.8 Å². The average molecular weight is 206 g/mol. The maximum Gasteiger partial charge on any atom is 0.391 e. The highest BCUT2D eigenvalue weighted by atomic mass is 32.1. The summed E-state index contributed by atoms with van der Waals surface area (Å²) < 4.78 is 10.4. The smallest absolute Gasteiger partial charge is 0.319 e. The van der Waals surface area contributed by atoms with E-state index in [0.717, 1.165) is 0 Å². The molecule has 0 fully saturated rings. The molecule has 0 aliphatic carbocycles. The van der Waals surface area contributed by atoms with Crippen LogP contribution in [0.3, 0.4) is 0 Å². The van der Waals surface area contributed by atoms with E-state index in [2.05, 4.69) is 0 Å². The molecule has 0 aromatic carbocycles. The van der Waals surface area contributed by atoms with Gasteiger partial charge in [0.25, 0.3) is 0 Å². The van der Waals surface area contributed by atoms with Crippen LogP contribution in [0, 0.1) is 0 Å². The molecule has 4 nitrogen and oxygen atoms in total. The Kier molecular flexibility index (Phi) is 2.80. The molecule has 1 heterocycles. The molecule has 0 saturated carbocycles. The fourth-order valence-corrected chi connectivity index (χ4v) is 1.85. The van der Waals surface area contributed by atoms with Crippen molar-refractivity contribution < 1.29 is 19.1 Å². The van der Waals surface area contributed by atoms with Crippen molar-refractivity contribution in [3.05, 3.63) is 22.4 Å². The van der Waals surface area contributed by atoms with Crippen molar-refractivity contribution in [3.63, 3.8) is 0 Å². The molecule has 1 aromatic rings. The molecule has 0 amide bonds. The van der Waals surface area contributed by atoms with E-state index in [1.54, 1.807) is 17.5 Å². The van der Waals surface area contributed by atoms with Crippen LogP contribution in [0.2, 0.25) is 0 Å². The zero-order chi connectivity index (χ0) is 9.19. The van der Waals surface area contributed by atoms with Crippen LogP contribution in [0.15, 0.2) is 17.5 Å². The quantitative estimate of drug-likeness (QED) is 0.723. The van der Waals surface area contributed by atoms with Gasteiger partial charge in [-0.2, -0.15) is 0 Å². The second-order valence-corrected chi connectivity index (χ2v) is 4.81. The SMILES string of the molecule is O=C(Cc1cccs1)P(=O)(O)O. The number of carbonyl (C=O) groups is 1. The van der Waals surface area contributed by atoms with Crippen molar-refractivity contribution in [1.29, 1.82) is 0 Å². The molecule has 2 N–H and O–H groups in total. The van der Waals surface area contributed by atoms with Gasteiger partial charge in [-0.05, 0) is 11.4 Å². The highest BCUT2D eigenvalue weighted by Gasteiger charge is 2.25. The van der Waals surface area contributed by atoms with Crippen molar-refractivity contribution in [3.8, 4) is 0 Å². The average Bonchev–Trinajstić information content (AvgIpc) is 2.37. The van der Waals surface area contributed by atoms with Crippen LogP contribution >= 0.6 is 18.9 Å². The van der Waals surface area contributed by atoms with Gasteiger partial charge < -0.3 is 9.79 Å². The lowest BCUT2D eigenvalue weighted by molar-refractivity contribution is -0.112. The van der Waals surface area contributed by atoms with Gasteiger partial charge in [0.05, 0.1) is 6.42 Å².